The molecule has 1 unspecified atom stereocenters. The Hall–Kier alpha value is -2.98. The molecule has 3 aromatic carbocycles. The molecule has 0 aliphatic carbocycles. The Balaban J connectivity index is -0.000000795. The molecular formula is C24H35N3O4S2. The van der Waals surface area contributed by atoms with Gasteiger partial charge >= 0.3 is 0 Å². The van der Waals surface area contributed by atoms with Crippen LogP contribution in [0.2, 0.25) is 0 Å². The second kappa shape index (κ2) is 12.9. The minimum atomic E-state index is -0.213. The minimum absolute atomic E-state index is 0. The van der Waals surface area contributed by atoms with E-state index in [1.165, 1.54) is 0 Å². The first-order chi connectivity index (χ1) is 14.8. The zero-order valence-electron chi connectivity index (χ0n) is 18.3. The number of thiol groups is 1. The molecule has 7 nitrogen and oxygen atoms in total. The van der Waals surface area contributed by atoms with Crippen molar-refractivity contribution in [1.82, 2.24) is 0 Å². The lowest BCUT2D eigenvalue weighted by Gasteiger charge is -2.26. The van der Waals surface area contributed by atoms with Gasteiger partial charge in [0.05, 0.1) is 10.9 Å². The minimum Gasteiger partial charge on any atom is -0.412 e. The Morgan fingerprint density at radius 1 is 1.06 bits per heavy atom. The third kappa shape index (κ3) is 7.83. The first-order valence-electron chi connectivity index (χ1n) is 9.86. The van der Waals surface area contributed by atoms with Crippen molar-refractivity contribution in [3.8, 4) is 0 Å². The first kappa shape index (κ1) is 28.1. The molecule has 0 saturated heterocycles. The van der Waals surface area contributed by atoms with Crippen LogP contribution in [-0.2, 0) is 4.79 Å². The van der Waals surface area contributed by atoms with Gasteiger partial charge in [-0.2, -0.15) is 0 Å². The van der Waals surface area contributed by atoms with Gasteiger partial charge in [-0.1, -0.05) is 32.0 Å². The van der Waals surface area contributed by atoms with Crippen LogP contribution in [0.4, 0.5) is 17.1 Å². The molecular weight excluding hydrogens is 458 g/mol. The third-order valence-corrected chi connectivity index (χ3v) is 6.46. The largest absolute Gasteiger partial charge is 0.412 e. The van der Waals surface area contributed by atoms with Crippen LogP contribution in [-0.4, -0.2) is 28.0 Å². The van der Waals surface area contributed by atoms with Gasteiger partial charge in [0.1, 0.15) is 0 Å². The maximum atomic E-state index is 12.4. The third-order valence-electron chi connectivity index (χ3n) is 4.54. The summed E-state index contributed by atoms with van der Waals surface area (Å²) >= 11 is 5.77. The van der Waals surface area contributed by atoms with Crippen LogP contribution in [0.3, 0.4) is 0 Å². The summed E-state index contributed by atoms with van der Waals surface area (Å²) < 4.78 is 0. The first-order valence-corrected chi connectivity index (χ1v) is 11.2. The normalized spacial score (nSPS) is 13.8. The molecule has 4 rings (SSSR count). The van der Waals surface area contributed by atoms with E-state index in [4.69, 9.17) is 5.73 Å². The number of anilines is 3. The van der Waals surface area contributed by atoms with Crippen LogP contribution in [0.5, 0.6) is 0 Å². The molecule has 8 N–H and O–H groups in total. The predicted molar refractivity (Wildman–Crippen MR) is 146 cm³/mol. The summed E-state index contributed by atoms with van der Waals surface area (Å²) in [6.07, 6.45) is 0. The summed E-state index contributed by atoms with van der Waals surface area (Å²) in [5.74, 6) is 0.0281. The molecule has 0 spiro atoms. The van der Waals surface area contributed by atoms with Crippen LogP contribution < -0.4 is 16.4 Å². The molecule has 1 heterocycles. The Morgan fingerprint density at radius 3 is 2.24 bits per heavy atom. The summed E-state index contributed by atoms with van der Waals surface area (Å²) in [6.45, 7) is 4.06. The second-order valence-electron chi connectivity index (χ2n) is 7.39. The molecule has 1 aliphatic heterocycles. The van der Waals surface area contributed by atoms with Crippen molar-refractivity contribution in [3.05, 3.63) is 78.4 Å². The van der Waals surface area contributed by atoms with Gasteiger partial charge in [0.25, 0.3) is 5.91 Å². The lowest BCUT2D eigenvalue weighted by atomic mass is 10.1. The van der Waals surface area contributed by atoms with E-state index in [9.17, 15) is 9.59 Å². The fourth-order valence-electron chi connectivity index (χ4n) is 2.91. The number of nitrogens with two attached hydrogens (primary N) is 1. The number of carbonyl (C=O) groups is 2. The van der Waals surface area contributed by atoms with Crippen molar-refractivity contribution in [2.75, 3.05) is 16.4 Å². The van der Waals surface area contributed by atoms with E-state index >= 15 is 0 Å². The van der Waals surface area contributed by atoms with E-state index < -0.39 is 0 Å². The van der Waals surface area contributed by atoms with Crippen LogP contribution >= 0.6 is 24.4 Å². The highest BCUT2D eigenvalue weighted by molar-refractivity contribution is 8.01. The van der Waals surface area contributed by atoms with Crippen molar-refractivity contribution in [3.63, 3.8) is 0 Å². The fourth-order valence-corrected chi connectivity index (χ4v) is 4.15. The number of hydrogen-bond acceptors (Lipinski definition) is 5. The molecule has 1 aliphatic rings. The summed E-state index contributed by atoms with van der Waals surface area (Å²) in [5, 5.41) is 5.65. The van der Waals surface area contributed by atoms with Gasteiger partial charge < -0.3 is 27.3 Å². The fraction of sp³-hybridized carbons (Fsp3) is 0.167. The molecule has 182 valence electrons. The van der Waals surface area contributed by atoms with Crippen LogP contribution in [0.25, 0.3) is 0 Å². The van der Waals surface area contributed by atoms with Crippen molar-refractivity contribution >= 4 is 53.3 Å². The van der Waals surface area contributed by atoms with Gasteiger partial charge in [-0.25, -0.2) is 0 Å². The highest BCUT2D eigenvalue weighted by Crippen LogP contribution is 2.38. The van der Waals surface area contributed by atoms with Crippen LogP contribution in [0.1, 0.15) is 28.5 Å². The average molecular weight is 494 g/mol. The maximum absolute atomic E-state index is 12.4. The molecule has 33 heavy (non-hydrogen) atoms. The van der Waals surface area contributed by atoms with E-state index in [1.54, 1.807) is 36.0 Å². The zero-order chi connectivity index (χ0) is 22.4. The molecule has 0 fully saturated rings. The van der Waals surface area contributed by atoms with Crippen LogP contribution in [0.15, 0.2) is 82.6 Å². The van der Waals surface area contributed by atoms with Gasteiger partial charge in [0, 0.05) is 31.0 Å². The molecule has 0 aromatic heterocycles. The van der Waals surface area contributed by atoms with Gasteiger partial charge in [0.15, 0.2) is 0 Å². The lowest BCUT2D eigenvalue weighted by Crippen LogP contribution is -2.32. The zero-order valence-corrected chi connectivity index (χ0v) is 20.0. The Morgan fingerprint density at radius 2 is 1.70 bits per heavy atom. The molecule has 3 aromatic rings. The monoisotopic (exact) mass is 493 g/mol. The molecule has 0 bridgehead atoms. The van der Waals surface area contributed by atoms with Crippen molar-refractivity contribution in [1.29, 1.82) is 0 Å². The number of hydrogen-bond donors (Lipinski definition) is 4. The smallest absolute Gasteiger partial charge is 0.255 e. The maximum Gasteiger partial charge on any atom is 0.255 e. The van der Waals surface area contributed by atoms with Crippen molar-refractivity contribution in [2.24, 2.45) is 5.92 Å². The average Bonchev–Trinajstić information content (AvgIpc) is 2.75. The van der Waals surface area contributed by atoms with E-state index in [2.05, 4.69) is 23.3 Å². The SMILES string of the molecule is CC(C)C1Sc2ccc(C(=O)Nc3ccc(S)cc3)cc2NC1=O.Nc1ccccc1.O.O.[HH].[HH].[HH]. The Kier molecular flexibility index (Phi) is 11.0. The van der Waals surface area contributed by atoms with Crippen molar-refractivity contribution < 1.29 is 24.8 Å². The van der Waals surface area contributed by atoms with E-state index in [0.717, 1.165) is 15.5 Å². The predicted octanol–water partition coefficient (Wildman–Crippen LogP) is 4.65. The number of benzene rings is 3. The van der Waals surface area contributed by atoms with Gasteiger partial charge in [-0.05, 0) is 60.5 Å². The number of carbonyl (C=O) groups excluding carboxylic acids is 2. The highest BCUT2D eigenvalue weighted by atomic mass is 32.2. The van der Waals surface area contributed by atoms with E-state index in [-0.39, 0.29) is 38.2 Å². The van der Waals surface area contributed by atoms with E-state index in [1.807, 2.05) is 62.4 Å². The number of nitrogen functional groups attached to an aromatic ring is 1. The number of amides is 2. The lowest BCUT2D eigenvalue weighted by molar-refractivity contribution is -0.116. The summed E-state index contributed by atoms with van der Waals surface area (Å²) in [4.78, 5) is 26.4. The molecule has 9 heteroatoms. The summed E-state index contributed by atoms with van der Waals surface area (Å²) in [6, 6.07) is 22.1. The van der Waals surface area contributed by atoms with Crippen molar-refractivity contribution in [2.45, 2.75) is 28.9 Å². The summed E-state index contributed by atoms with van der Waals surface area (Å²) in [7, 11) is 0. The topological polar surface area (TPSA) is 147 Å². The molecule has 1 atom stereocenters. The standard InChI is InChI=1S/C18H18N2O2S2.C6H7N.2H2O.3H2/c1-10(2)16-18(22)20-14-9-11(3-8-15(14)24-16)17(21)19-12-4-6-13(23)7-5-12;7-6-4-2-1-3-5-6;;;;;/h3-10,16,23H,1-2H3,(H,19,21)(H,20,22);1-5H,7H2;2*1H2;3*1H. The number of nitrogens with one attached hydrogen (secondary N) is 2. The number of thioether (sulfide) groups is 1. The van der Waals surface area contributed by atoms with Crippen LogP contribution in [0, 0.1) is 5.92 Å². The quantitative estimate of drug-likeness (QED) is 0.310. The highest BCUT2D eigenvalue weighted by Gasteiger charge is 2.29. The Bertz CT molecular complexity index is 1080. The molecule has 2 amide bonds. The van der Waals surface area contributed by atoms with Gasteiger partial charge in [-0.15, -0.1) is 24.4 Å². The number of fused-ring (bicyclic) bond motifs is 1. The van der Waals surface area contributed by atoms with E-state index in [0.29, 0.717) is 16.9 Å². The summed E-state index contributed by atoms with van der Waals surface area (Å²) in [5.41, 5.74) is 8.08. The molecule has 0 saturated carbocycles. The number of para-hydroxylation sites is 1. The second-order valence-corrected chi connectivity index (χ2v) is 9.09. The molecule has 0 radical (unpaired) electrons. The van der Waals surface area contributed by atoms with Gasteiger partial charge in [-0.3, -0.25) is 9.59 Å². The number of rotatable bonds is 3. The van der Waals surface area contributed by atoms with Gasteiger partial charge in [0.2, 0.25) is 5.91 Å². The Labute approximate surface area is 207 Å².